The van der Waals surface area contributed by atoms with Gasteiger partial charge in [0.2, 0.25) is 5.91 Å². The van der Waals surface area contributed by atoms with E-state index in [0.29, 0.717) is 31.7 Å². The summed E-state index contributed by atoms with van der Waals surface area (Å²) in [6, 6.07) is 1.63. The molecular formula is C9H12N4O2. The van der Waals surface area contributed by atoms with Crippen LogP contribution >= 0.6 is 0 Å². The van der Waals surface area contributed by atoms with Crippen molar-refractivity contribution in [1.82, 2.24) is 20.4 Å². The third kappa shape index (κ3) is 2.15. The first-order chi connectivity index (χ1) is 7.27. The zero-order valence-corrected chi connectivity index (χ0v) is 8.19. The third-order valence-electron chi connectivity index (χ3n) is 2.33. The highest BCUT2D eigenvalue weighted by molar-refractivity contribution is 5.92. The number of aromatic nitrogens is 2. The number of aromatic amines is 1. The van der Waals surface area contributed by atoms with Crippen molar-refractivity contribution in [2.24, 2.45) is 0 Å². The molecule has 2 heterocycles. The molecule has 0 spiro atoms. The molecule has 1 aromatic rings. The summed E-state index contributed by atoms with van der Waals surface area (Å²) < 4.78 is 0. The minimum absolute atomic E-state index is 0.00471. The molecular weight excluding hydrogens is 196 g/mol. The molecule has 6 heteroatoms. The number of carbonyl (C=O) groups excluding carboxylic acids is 2. The largest absolute Gasteiger partial charge is 0.354 e. The Morgan fingerprint density at radius 1 is 1.47 bits per heavy atom. The van der Waals surface area contributed by atoms with E-state index in [4.69, 9.17) is 0 Å². The van der Waals surface area contributed by atoms with Gasteiger partial charge in [0.1, 0.15) is 5.69 Å². The van der Waals surface area contributed by atoms with E-state index in [9.17, 15) is 9.59 Å². The zero-order valence-electron chi connectivity index (χ0n) is 8.19. The first kappa shape index (κ1) is 9.70. The average molecular weight is 208 g/mol. The van der Waals surface area contributed by atoms with Gasteiger partial charge in [0.15, 0.2) is 0 Å². The molecule has 6 nitrogen and oxygen atoms in total. The summed E-state index contributed by atoms with van der Waals surface area (Å²) in [7, 11) is 0. The normalized spacial score (nSPS) is 17.1. The van der Waals surface area contributed by atoms with Gasteiger partial charge in [0.05, 0.1) is 0 Å². The maximum absolute atomic E-state index is 11.8. The first-order valence-electron chi connectivity index (χ1n) is 4.83. The summed E-state index contributed by atoms with van der Waals surface area (Å²) >= 11 is 0. The highest BCUT2D eigenvalue weighted by atomic mass is 16.2. The molecule has 2 N–H and O–H groups in total. The van der Waals surface area contributed by atoms with Crippen LogP contribution in [0.4, 0.5) is 0 Å². The predicted octanol–water partition coefficient (Wildman–Crippen LogP) is -0.628. The second kappa shape index (κ2) is 4.12. The number of hydrogen-bond donors (Lipinski definition) is 2. The standard InChI is InChI=1S/C9H12N4O2/c14-8-2-5-13(6-4-10-8)9(15)7-1-3-11-12-7/h1,3H,2,4-6H2,(H,10,14)(H,11,12). The molecule has 15 heavy (non-hydrogen) atoms. The highest BCUT2D eigenvalue weighted by Crippen LogP contribution is 2.03. The van der Waals surface area contributed by atoms with Gasteiger partial charge in [-0.05, 0) is 6.07 Å². The van der Waals surface area contributed by atoms with Crippen molar-refractivity contribution in [2.75, 3.05) is 19.6 Å². The minimum atomic E-state index is -0.107. The van der Waals surface area contributed by atoms with Crippen LogP contribution in [-0.4, -0.2) is 46.5 Å². The molecule has 80 valence electrons. The Bertz CT molecular complexity index is 360. The van der Waals surface area contributed by atoms with Gasteiger partial charge >= 0.3 is 0 Å². The number of amides is 2. The summed E-state index contributed by atoms with van der Waals surface area (Å²) in [6.45, 7) is 1.52. The molecule has 0 aliphatic carbocycles. The van der Waals surface area contributed by atoms with E-state index < -0.39 is 0 Å². The molecule has 0 unspecified atom stereocenters. The van der Waals surface area contributed by atoms with Gasteiger partial charge in [-0.2, -0.15) is 5.10 Å². The second-order valence-corrected chi connectivity index (χ2v) is 3.36. The van der Waals surface area contributed by atoms with Crippen molar-refractivity contribution in [1.29, 1.82) is 0 Å². The second-order valence-electron chi connectivity index (χ2n) is 3.36. The Labute approximate surface area is 86.6 Å². The van der Waals surface area contributed by atoms with Gasteiger partial charge in [-0.15, -0.1) is 0 Å². The Morgan fingerprint density at radius 2 is 2.33 bits per heavy atom. The van der Waals surface area contributed by atoms with E-state index in [-0.39, 0.29) is 11.8 Å². The van der Waals surface area contributed by atoms with Gasteiger partial charge < -0.3 is 10.2 Å². The van der Waals surface area contributed by atoms with Crippen LogP contribution in [0.25, 0.3) is 0 Å². The number of carbonyl (C=O) groups is 2. The Balaban J connectivity index is 2.04. The number of nitrogens with one attached hydrogen (secondary N) is 2. The van der Waals surface area contributed by atoms with Crippen LogP contribution in [0.15, 0.2) is 12.3 Å². The Morgan fingerprint density at radius 3 is 3.07 bits per heavy atom. The summed E-state index contributed by atoms with van der Waals surface area (Å²) in [4.78, 5) is 24.5. The van der Waals surface area contributed by atoms with Crippen molar-refractivity contribution >= 4 is 11.8 Å². The van der Waals surface area contributed by atoms with Crippen molar-refractivity contribution in [2.45, 2.75) is 6.42 Å². The Kier molecular flexibility index (Phi) is 2.66. The molecule has 0 aromatic carbocycles. The van der Waals surface area contributed by atoms with Gasteiger partial charge in [0.25, 0.3) is 5.91 Å². The lowest BCUT2D eigenvalue weighted by molar-refractivity contribution is -0.120. The lowest BCUT2D eigenvalue weighted by Gasteiger charge is -2.18. The quantitative estimate of drug-likeness (QED) is 0.645. The van der Waals surface area contributed by atoms with Crippen LogP contribution in [-0.2, 0) is 4.79 Å². The lowest BCUT2D eigenvalue weighted by atomic mass is 10.3. The van der Waals surface area contributed by atoms with Crippen LogP contribution < -0.4 is 5.32 Å². The summed E-state index contributed by atoms with van der Waals surface area (Å²) in [5.74, 6) is -0.112. The molecule has 1 aromatic heterocycles. The van der Waals surface area contributed by atoms with Crippen LogP contribution in [0.3, 0.4) is 0 Å². The molecule has 0 bridgehead atoms. The van der Waals surface area contributed by atoms with Gasteiger partial charge in [0, 0.05) is 32.3 Å². The number of hydrogen-bond acceptors (Lipinski definition) is 3. The monoisotopic (exact) mass is 208 g/mol. The van der Waals surface area contributed by atoms with Crippen molar-refractivity contribution in [3.05, 3.63) is 18.0 Å². The van der Waals surface area contributed by atoms with Crippen LogP contribution in [0.1, 0.15) is 16.9 Å². The molecule has 1 aliphatic rings. The van der Waals surface area contributed by atoms with Crippen molar-refractivity contribution in [3.63, 3.8) is 0 Å². The van der Waals surface area contributed by atoms with Crippen LogP contribution in [0.5, 0.6) is 0 Å². The molecule has 2 rings (SSSR count). The van der Waals surface area contributed by atoms with Crippen molar-refractivity contribution < 1.29 is 9.59 Å². The van der Waals surface area contributed by atoms with E-state index in [0.717, 1.165) is 0 Å². The molecule has 1 fully saturated rings. The fourth-order valence-electron chi connectivity index (χ4n) is 1.52. The van der Waals surface area contributed by atoms with Crippen molar-refractivity contribution in [3.8, 4) is 0 Å². The molecule has 1 aliphatic heterocycles. The molecule has 0 atom stereocenters. The summed E-state index contributed by atoms with van der Waals surface area (Å²) in [5.41, 5.74) is 0.462. The number of rotatable bonds is 1. The average Bonchev–Trinajstić information content (AvgIpc) is 2.67. The first-order valence-corrected chi connectivity index (χ1v) is 4.83. The van der Waals surface area contributed by atoms with E-state index in [1.807, 2.05) is 0 Å². The Hall–Kier alpha value is -1.85. The fraction of sp³-hybridized carbons (Fsp3) is 0.444. The number of nitrogens with zero attached hydrogens (tertiary/aromatic N) is 2. The predicted molar refractivity (Wildman–Crippen MR) is 52.1 cm³/mol. The van der Waals surface area contributed by atoms with E-state index >= 15 is 0 Å². The SMILES string of the molecule is O=C1CCN(C(=O)c2ccn[nH]2)CCN1. The highest BCUT2D eigenvalue weighted by Gasteiger charge is 2.20. The summed E-state index contributed by atoms with van der Waals surface area (Å²) in [6.07, 6.45) is 1.90. The zero-order chi connectivity index (χ0) is 10.7. The van der Waals surface area contributed by atoms with Gasteiger partial charge in [-0.3, -0.25) is 14.7 Å². The van der Waals surface area contributed by atoms with E-state index in [1.54, 1.807) is 11.0 Å². The van der Waals surface area contributed by atoms with Gasteiger partial charge in [-0.1, -0.05) is 0 Å². The fourth-order valence-corrected chi connectivity index (χ4v) is 1.52. The lowest BCUT2D eigenvalue weighted by Crippen LogP contribution is -2.34. The minimum Gasteiger partial charge on any atom is -0.354 e. The van der Waals surface area contributed by atoms with E-state index in [2.05, 4.69) is 15.5 Å². The number of H-pyrrole nitrogens is 1. The van der Waals surface area contributed by atoms with E-state index in [1.165, 1.54) is 6.20 Å². The smallest absolute Gasteiger partial charge is 0.271 e. The molecule has 0 saturated carbocycles. The summed E-state index contributed by atoms with van der Waals surface area (Å²) in [5, 5.41) is 9.06. The third-order valence-corrected chi connectivity index (χ3v) is 2.33. The van der Waals surface area contributed by atoms with Crippen LogP contribution in [0.2, 0.25) is 0 Å². The van der Waals surface area contributed by atoms with Gasteiger partial charge in [-0.25, -0.2) is 0 Å². The molecule has 2 amide bonds. The van der Waals surface area contributed by atoms with Crippen LogP contribution in [0, 0.1) is 0 Å². The maximum atomic E-state index is 11.8. The molecule has 0 radical (unpaired) electrons. The topological polar surface area (TPSA) is 78.1 Å². The molecule has 1 saturated heterocycles. The maximum Gasteiger partial charge on any atom is 0.271 e.